The molecule has 0 unspecified atom stereocenters. The molecular formula is C25H25ClN2O6S. The fourth-order valence-electron chi connectivity index (χ4n) is 3.61. The first-order valence-corrected chi connectivity index (χ1v) is 12.7. The second-order valence-corrected chi connectivity index (χ2v) is 10.1. The molecule has 1 amide bonds. The summed E-state index contributed by atoms with van der Waals surface area (Å²) < 4.78 is 44.9. The van der Waals surface area contributed by atoms with E-state index in [0.717, 1.165) is 5.56 Å². The summed E-state index contributed by atoms with van der Waals surface area (Å²) >= 11 is 6.07. The molecule has 1 aliphatic rings. The number of aryl methyl sites for hydroxylation is 1. The molecule has 0 saturated heterocycles. The van der Waals surface area contributed by atoms with Crippen molar-refractivity contribution in [2.75, 3.05) is 31.1 Å². The Labute approximate surface area is 209 Å². The van der Waals surface area contributed by atoms with Gasteiger partial charge in [-0.25, -0.2) is 8.42 Å². The number of benzene rings is 3. The summed E-state index contributed by atoms with van der Waals surface area (Å²) in [6.07, 6.45) is -1.04. The summed E-state index contributed by atoms with van der Waals surface area (Å²) in [6.45, 7) is 2.06. The van der Waals surface area contributed by atoms with Crippen LogP contribution in [0.5, 0.6) is 17.2 Å². The number of methoxy groups -OCH3 is 1. The smallest absolute Gasteiger partial charge is 0.264 e. The van der Waals surface area contributed by atoms with Crippen LogP contribution in [0.3, 0.4) is 0 Å². The van der Waals surface area contributed by atoms with Gasteiger partial charge in [-0.05, 0) is 61.0 Å². The fraction of sp³-hybridized carbons (Fsp3) is 0.240. The molecule has 1 heterocycles. The number of rotatable bonds is 8. The predicted molar refractivity (Wildman–Crippen MR) is 133 cm³/mol. The number of fused-ring (bicyclic) bond motifs is 1. The third-order valence-corrected chi connectivity index (χ3v) is 7.53. The normalized spacial score (nSPS) is 15.1. The molecule has 1 N–H and O–H groups in total. The van der Waals surface area contributed by atoms with Crippen molar-refractivity contribution in [3.8, 4) is 17.2 Å². The zero-order chi connectivity index (χ0) is 25.0. The van der Waals surface area contributed by atoms with E-state index >= 15 is 0 Å². The second-order valence-electron chi connectivity index (χ2n) is 7.86. The lowest BCUT2D eigenvalue weighted by Gasteiger charge is -2.35. The maximum atomic E-state index is 13.5. The fourth-order valence-corrected chi connectivity index (χ4v) is 5.28. The molecule has 4 rings (SSSR count). The van der Waals surface area contributed by atoms with Gasteiger partial charge in [-0.2, -0.15) is 0 Å². The molecule has 1 aliphatic heterocycles. The topological polar surface area (TPSA) is 94.2 Å². The zero-order valence-corrected chi connectivity index (χ0v) is 20.8. The van der Waals surface area contributed by atoms with Crippen LogP contribution in [0.4, 0.5) is 5.69 Å². The van der Waals surface area contributed by atoms with Gasteiger partial charge in [0.1, 0.15) is 23.9 Å². The number of hydrogen-bond donors (Lipinski definition) is 1. The average molecular weight is 517 g/mol. The lowest BCUT2D eigenvalue weighted by atomic mass is 10.1. The van der Waals surface area contributed by atoms with E-state index in [1.165, 1.54) is 23.5 Å². The minimum absolute atomic E-state index is 0.0824. The molecule has 0 aliphatic carbocycles. The zero-order valence-electron chi connectivity index (χ0n) is 19.2. The Morgan fingerprint density at radius 1 is 1.14 bits per heavy atom. The number of nitrogens with one attached hydrogen (secondary N) is 1. The summed E-state index contributed by atoms with van der Waals surface area (Å²) in [7, 11) is -2.46. The molecule has 35 heavy (non-hydrogen) atoms. The molecule has 0 spiro atoms. The van der Waals surface area contributed by atoms with Gasteiger partial charge in [0.2, 0.25) is 0 Å². The van der Waals surface area contributed by atoms with Gasteiger partial charge in [0.15, 0.2) is 6.10 Å². The van der Waals surface area contributed by atoms with Crippen LogP contribution < -0.4 is 23.8 Å². The number of sulfonamides is 1. The van der Waals surface area contributed by atoms with Crippen LogP contribution in [-0.2, 0) is 14.8 Å². The number of para-hydroxylation sites is 1. The Morgan fingerprint density at radius 2 is 1.89 bits per heavy atom. The largest absolute Gasteiger partial charge is 0.497 e. The van der Waals surface area contributed by atoms with Crippen molar-refractivity contribution >= 4 is 33.2 Å². The molecule has 0 radical (unpaired) electrons. The lowest BCUT2D eigenvalue weighted by Crippen LogP contribution is -2.51. The van der Waals surface area contributed by atoms with E-state index < -0.39 is 22.0 Å². The molecule has 1 atom stereocenters. The van der Waals surface area contributed by atoms with Gasteiger partial charge in [-0.3, -0.25) is 9.10 Å². The van der Waals surface area contributed by atoms with Crippen molar-refractivity contribution in [1.82, 2.24) is 5.32 Å². The number of carbonyl (C=O) groups excluding carboxylic acids is 1. The molecule has 10 heteroatoms. The second kappa shape index (κ2) is 10.5. The first-order chi connectivity index (χ1) is 16.8. The van der Waals surface area contributed by atoms with Crippen LogP contribution in [0.1, 0.15) is 5.56 Å². The summed E-state index contributed by atoms with van der Waals surface area (Å²) in [4.78, 5) is 13.0. The summed E-state index contributed by atoms with van der Waals surface area (Å²) in [6, 6.07) is 18.3. The van der Waals surface area contributed by atoms with E-state index in [1.54, 1.807) is 54.6 Å². The van der Waals surface area contributed by atoms with Gasteiger partial charge in [-0.1, -0.05) is 29.8 Å². The maximum absolute atomic E-state index is 13.5. The highest BCUT2D eigenvalue weighted by molar-refractivity contribution is 7.92. The molecule has 3 aromatic rings. The van der Waals surface area contributed by atoms with Gasteiger partial charge >= 0.3 is 0 Å². The minimum atomic E-state index is -3.97. The minimum Gasteiger partial charge on any atom is -0.497 e. The van der Waals surface area contributed by atoms with E-state index in [-0.39, 0.29) is 24.6 Å². The molecule has 0 aromatic heterocycles. The number of ether oxygens (including phenoxy) is 3. The van der Waals surface area contributed by atoms with Crippen molar-refractivity contribution in [2.24, 2.45) is 0 Å². The highest BCUT2D eigenvalue weighted by atomic mass is 35.5. The SMILES string of the molecule is COc1ccc(S(=O)(=O)N2C[C@H](C(=O)NCCOc3ccccc3Cl)Oc3cc(C)ccc32)cc1. The number of carbonyl (C=O) groups is 1. The van der Waals surface area contributed by atoms with E-state index in [1.807, 2.05) is 6.92 Å². The van der Waals surface area contributed by atoms with Crippen LogP contribution >= 0.6 is 11.6 Å². The third-order valence-electron chi connectivity index (χ3n) is 5.42. The number of halogens is 1. The Kier molecular flexibility index (Phi) is 7.37. The van der Waals surface area contributed by atoms with Crippen LogP contribution in [0.15, 0.2) is 71.6 Å². The van der Waals surface area contributed by atoms with Crippen LogP contribution in [0, 0.1) is 6.92 Å². The molecule has 0 bridgehead atoms. The van der Waals surface area contributed by atoms with Gasteiger partial charge in [0, 0.05) is 0 Å². The first kappa shape index (κ1) is 24.7. The van der Waals surface area contributed by atoms with E-state index in [0.29, 0.717) is 28.0 Å². The van der Waals surface area contributed by atoms with Crippen molar-refractivity contribution < 1.29 is 27.4 Å². The number of hydrogen-bond acceptors (Lipinski definition) is 6. The summed E-state index contributed by atoms with van der Waals surface area (Å²) in [5.41, 5.74) is 1.25. The Morgan fingerprint density at radius 3 is 2.60 bits per heavy atom. The van der Waals surface area contributed by atoms with E-state index in [9.17, 15) is 13.2 Å². The average Bonchev–Trinajstić information content (AvgIpc) is 2.86. The number of anilines is 1. The van der Waals surface area contributed by atoms with Crippen molar-refractivity contribution in [3.63, 3.8) is 0 Å². The molecule has 8 nitrogen and oxygen atoms in total. The number of nitrogens with zero attached hydrogens (tertiary/aromatic N) is 1. The third kappa shape index (κ3) is 5.47. The van der Waals surface area contributed by atoms with Gasteiger partial charge in [0.05, 0.1) is 35.8 Å². The molecular weight excluding hydrogens is 492 g/mol. The quantitative estimate of drug-likeness (QED) is 0.458. The maximum Gasteiger partial charge on any atom is 0.264 e. The van der Waals surface area contributed by atoms with Crippen molar-refractivity contribution in [1.29, 1.82) is 0 Å². The predicted octanol–water partition coefficient (Wildman–Crippen LogP) is 3.81. The highest BCUT2D eigenvalue weighted by Gasteiger charge is 2.37. The van der Waals surface area contributed by atoms with E-state index in [4.69, 9.17) is 25.8 Å². The Hall–Kier alpha value is -3.43. The van der Waals surface area contributed by atoms with Crippen LogP contribution in [0.25, 0.3) is 0 Å². The molecule has 0 fully saturated rings. The van der Waals surface area contributed by atoms with Gasteiger partial charge < -0.3 is 19.5 Å². The molecule has 0 saturated carbocycles. The van der Waals surface area contributed by atoms with Crippen molar-refractivity contribution in [3.05, 3.63) is 77.3 Å². The van der Waals surface area contributed by atoms with E-state index in [2.05, 4.69) is 5.32 Å². The standard InChI is InChI=1S/C25H25ClN2O6S/c1-17-7-12-21-23(15-17)34-24(25(29)27-13-14-33-22-6-4-3-5-20(22)26)16-28(21)35(30,31)19-10-8-18(32-2)9-11-19/h3-12,15,24H,13-14,16H2,1-2H3,(H,27,29)/t24-/m1/s1. The van der Waals surface area contributed by atoms with Crippen LogP contribution in [0.2, 0.25) is 5.02 Å². The van der Waals surface area contributed by atoms with Crippen LogP contribution in [-0.4, -0.2) is 47.2 Å². The van der Waals surface area contributed by atoms with Gasteiger partial charge in [0.25, 0.3) is 15.9 Å². The van der Waals surface area contributed by atoms with Gasteiger partial charge in [-0.15, -0.1) is 0 Å². The highest BCUT2D eigenvalue weighted by Crippen LogP contribution is 2.38. The Balaban J connectivity index is 1.50. The Bertz CT molecular complexity index is 1310. The summed E-state index contributed by atoms with van der Waals surface area (Å²) in [5, 5.41) is 3.22. The number of amides is 1. The monoisotopic (exact) mass is 516 g/mol. The molecule has 3 aromatic carbocycles. The molecule has 184 valence electrons. The summed E-state index contributed by atoms with van der Waals surface area (Å²) in [5.74, 6) is 0.923. The first-order valence-electron chi connectivity index (χ1n) is 10.9. The van der Waals surface area contributed by atoms with Crippen molar-refractivity contribution in [2.45, 2.75) is 17.9 Å². The lowest BCUT2D eigenvalue weighted by molar-refractivity contribution is -0.127.